The lowest BCUT2D eigenvalue weighted by molar-refractivity contribution is 0.446. The van der Waals surface area contributed by atoms with Gasteiger partial charge in [0.25, 0.3) is 0 Å². The molecule has 7 heteroatoms. The van der Waals surface area contributed by atoms with E-state index in [1.165, 1.54) is 0 Å². The smallest absolute Gasteiger partial charge is 0.245 e. The molecule has 0 amide bonds. The molecule has 0 bridgehead atoms. The van der Waals surface area contributed by atoms with Gasteiger partial charge in [0.2, 0.25) is 10.0 Å². The summed E-state index contributed by atoms with van der Waals surface area (Å²) in [5.74, 6) is 0.609. The number of halogens is 1. The molecule has 0 aliphatic heterocycles. The van der Waals surface area contributed by atoms with Crippen molar-refractivity contribution < 1.29 is 12.8 Å². The zero-order chi connectivity index (χ0) is 14.8. The number of sulfonamides is 1. The Hall–Kier alpha value is -0.370. The third-order valence-corrected chi connectivity index (χ3v) is 5.73. The van der Waals surface area contributed by atoms with Crippen molar-refractivity contribution in [3.63, 3.8) is 0 Å². The van der Waals surface area contributed by atoms with E-state index in [-0.39, 0.29) is 15.6 Å². The minimum Gasteiger partial charge on any atom is -0.452 e. The lowest BCUT2D eigenvalue weighted by atomic mass is 10.3. The molecule has 2 N–H and O–H groups in total. The van der Waals surface area contributed by atoms with Crippen LogP contribution in [0.2, 0.25) is 0 Å². The second-order valence-electron chi connectivity index (χ2n) is 5.49. The summed E-state index contributed by atoms with van der Waals surface area (Å²) in [7, 11) is -3.51. The van der Waals surface area contributed by atoms with Crippen LogP contribution in [0.5, 0.6) is 0 Å². The summed E-state index contributed by atoms with van der Waals surface area (Å²) in [6.07, 6.45) is 4.00. The van der Waals surface area contributed by atoms with Crippen molar-refractivity contribution in [2.75, 3.05) is 0 Å². The number of nitrogens with one attached hydrogen (secondary N) is 2. The minimum atomic E-state index is -3.51. The van der Waals surface area contributed by atoms with E-state index in [4.69, 9.17) is 4.42 Å². The van der Waals surface area contributed by atoms with Gasteiger partial charge >= 0.3 is 0 Å². The Morgan fingerprint density at radius 3 is 2.65 bits per heavy atom. The molecule has 1 aliphatic rings. The van der Waals surface area contributed by atoms with Gasteiger partial charge in [-0.15, -0.1) is 0 Å². The third-order valence-electron chi connectivity index (χ3n) is 3.36. The highest BCUT2D eigenvalue weighted by atomic mass is 79.9. The van der Waals surface area contributed by atoms with Crippen LogP contribution >= 0.6 is 15.9 Å². The molecule has 5 nitrogen and oxygen atoms in total. The van der Waals surface area contributed by atoms with Crippen LogP contribution in [0.15, 0.2) is 20.0 Å². The molecular weight excluding hydrogens is 344 g/mol. The molecule has 0 saturated heterocycles. The van der Waals surface area contributed by atoms with E-state index in [2.05, 4.69) is 26.0 Å². The monoisotopic (exact) mass is 364 g/mol. The molecule has 0 radical (unpaired) electrons. The summed E-state index contributed by atoms with van der Waals surface area (Å²) in [6.45, 7) is 4.56. The van der Waals surface area contributed by atoms with Crippen molar-refractivity contribution in [3.05, 3.63) is 16.5 Å². The van der Waals surface area contributed by atoms with Crippen molar-refractivity contribution in [1.82, 2.24) is 10.0 Å². The molecule has 0 aromatic carbocycles. The van der Waals surface area contributed by atoms with Crippen molar-refractivity contribution >= 4 is 26.0 Å². The summed E-state index contributed by atoms with van der Waals surface area (Å²) in [5, 5.41) is 3.20. The van der Waals surface area contributed by atoms with Gasteiger partial charge in [-0.05, 0) is 28.8 Å². The van der Waals surface area contributed by atoms with Gasteiger partial charge < -0.3 is 9.73 Å². The summed E-state index contributed by atoms with van der Waals surface area (Å²) in [6, 6.07) is 1.95. The Balaban J connectivity index is 2.10. The average Bonchev–Trinajstić information content (AvgIpc) is 2.95. The van der Waals surface area contributed by atoms with Gasteiger partial charge in [0.05, 0.1) is 6.54 Å². The molecule has 1 aromatic heterocycles. The summed E-state index contributed by atoms with van der Waals surface area (Å²) < 4.78 is 33.1. The van der Waals surface area contributed by atoms with Crippen LogP contribution in [-0.2, 0) is 16.6 Å². The third kappa shape index (κ3) is 4.07. The zero-order valence-electron chi connectivity index (χ0n) is 11.8. The van der Waals surface area contributed by atoms with Gasteiger partial charge in [-0.2, -0.15) is 0 Å². The number of furan rings is 1. The first-order valence-corrected chi connectivity index (χ1v) is 9.20. The van der Waals surface area contributed by atoms with Crippen LogP contribution in [0, 0.1) is 0 Å². The van der Waals surface area contributed by atoms with Crippen LogP contribution in [0.4, 0.5) is 0 Å². The summed E-state index contributed by atoms with van der Waals surface area (Å²) >= 11 is 3.20. The molecule has 20 heavy (non-hydrogen) atoms. The SMILES string of the molecule is CC(C)NCc1cc(S(=O)(=O)NC2CCCC2)c(Br)o1. The summed E-state index contributed by atoms with van der Waals surface area (Å²) in [4.78, 5) is 0.185. The molecule has 1 saturated carbocycles. The molecule has 0 unspecified atom stereocenters. The normalized spacial score (nSPS) is 17.2. The predicted octanol–water partition coefficient (Wildman–Crippen LogP) is 2.76. The van der Waals surface area contributed by atoms with Crippen LogP contribution in [0.25, 0.3) is 0 Å². The van der Waals surface area contributed by atoms with E-state index >= 15 is 0 Å². The van der Waals surface area contributed by atoms with Gasteiger partial charge in [0.15, 0.2) is 4.67 Å². The van der Waals surface area contributed by atoms with Gasteiger partial charge in [0, 0.05) is 18.2 Å². The standard InChI is InChI=1S/C13H21BrN2O3S/c1-9(2)15-8-11-7-12(13(14)19-11)20(17,18)16-10-5-3-4-6-10/h7,9-10,15-16H,3-6,8H2,1-2H3. The Morgan fingerprint density at radius 1 is 1.40 bits per heavy atom. The highest BCUT2D eigenvalue weighted by Crippen LogP contribution is 2.28. The minimum absolute atomic E-state index is 0.0547. The van der Waals surface area contributed by atoms with E-state index in [1.807, 2.05) is 13.8 Å². The molecule has 114 valence electrons. The van der Waals surface area contributed by atoms with Crippen LogP contribution in [0.3, 0.4) is 0 Å². The molecule has 0 atom stereocenters. The molecular formula is C13H21BrN2O3S. The van der Waals surface area contributed by atoms with E-state index in [0.717, 1.165) is 25.7 Å². The van der Waals surface area contributed by atoms with Crippen molar-refractivity contribution in [1.29, 1.82) is 0 Å². The number of rotatable bonds is 6. The quantitative estimate of drug-likeness (QED) is 0.813. The second kappa shape index (κ2) is 6.60. The van der Waals surface area contributed by atoms with Crippen molar-refractivity contribution in [2.45, 2.75) is 63.1 Å². The van der Waals surface area contributed by atoms with Gasteiger partial charge in [-0.25, -0.2) is 13.1 Å². The van der Waals surface area contributed by atoms with E-state index in [0.29, 0.717) is 18.3 Å². The maximum absolute atomic E-state index is 12.3. The van der Waals surface area contributed by atoms with Crippen LogP contribution in [0.1, 0.15) is 45.3 Å². The lowest BCUT2D eigenvalue weighted by Crippen LogP contribution is -2.32. The zero-order valence-corrected chi connectivity index (χ0v) is 14.2. The van der Waals surface area contributed by atoms with E-state index in [9.17, 15) is 8.42 Å². The fourth-order valence-corrected chi connectivity index (χ4v) is 4.60. The molecule has 1 aliphatic carbocycles. The second-order valence-corrected chi connectivity index (χ2v) is 7.89. The molecule has 0 spiro atoms. The maximum atomic E-state index is 12.3. The average molecular weight is 365 g/mol. The fraction of sp³-hybridized carbons (Fsp3) is 0.692. The highest BCUT2D eigenvalue weighted by molar-refractivity contribution is 9.10. The first-order chi connectivity index (χ1) is 9.38. The number of hydrogen-bond acceptors (Lipinski definition) is 4. The summed E-state index contributed by atoms with van der Waals surface area (Å²) in [5.41, 5.74) is 0. The van der Waals surface area contributed by atoms with E-state index in [1.54, 1.807) is 6.07 Å². The van der Waals surface area contributed by atoms with Gasteiger partial charge in [-0.1, -0.05) is 26.7 Å². The van der Waals surface area contributed by atoms with E-state index < -0.39 is 10.0 Å². The van der Waals surface area contributed by atoms with Crippen molar-refractivity contribution in [3.8, 4) is 0 Å². The first-order valence-electron chi connectivity index (χ1n) is 6.92. The van der Waals surface area contributed by atoms with Crippen LogP contribution in [-0.4, -0.2) is 20.5 Å². The van der Waals surface area contributed by atoms with Gasteiger partial charge in [-0.3, -0.25) is 0 Å². The predicted molar refractivity (Wildman–Crippen MR) is 81.0 cm³/mol. The Labute approximate surface area is 128 Å². The maximum Gasteiger partial charge on any atom is 0.245 e. The Bertz CT molecular complexity index is 548. The molecule has 1 fully saturated rings. The molecule has 1 heterocycles. The highest BCUT2D eigenvalue weighted by Gasteiger charge is 2.27. The fourth-order valence-electron chi connectivity index (χ4n) is 2.30. The van der Waals surface area contributed by atoms with Crippen molar-refractivity contribution in [2.24, 2.45) is 0 Å². The Morgan fingerprint density at radius 2 is 2.05 bits per heavy atom. The number of hydrogen-bond donors (Lipinski definition) is 2. The molecule has 2 rings (SSSR count). The van der Waals surface area contributed by atoms with Crippen LogP contribution < -0.4 is 10.0 Å². The topological polar surface area (TPSA) is 71.3 Å². The first kappa shape index (κ1) is 16.0. The van der Waals surface area contributed by atoms with Gasteiger partial charge in [0.1, 0.15) is 10.7 Å². The molecule has 1 aromatic rings. The largest absolute Gasteiger partial charge is 0.452 e. The lowest BCUT2D eigenvalue weighted by Gasteiger charge is -2.11. The Kier molecular flexibility index (Phi) is 5.28.